The SMILES string of the molecule is CC(C)CCCC(C)[C@H]1CCC2C3C[C@@H](CCC=C(c4cc(Cl)c(O)c(C(=O)O)c4)c4cc(Cl)c(O)c(C(=O)O)c4)[C@H]4CCCC[C@]4(C)C3CC[C@@]21C. The first kappa shape index (κ1) is 40.0. The monoisotopic (exact) mass is 766 g/mol. The summed E-state index contributed by atoms with van der Waals surface area (Å²) < 4.78 is 0. The predicted molar refractivity (Wildman–Crippen MR) is 213 cm³/mol. The average molecular weight is 768 g/mol. The van der Waals surface area contributed by atoms with Gasteiger partial charge in [0.1, 0.15) is 22.6 Å². The molecule has 290 valence electrons. The third kappa shape index (κ3) is 7.62. The first-order chi connectivity index (χ1) is 25.1. The lowest BCUT2D eigenvalue weighted by atomic mass is 9.42. The molecule has 2 aromatic carbocycles. The van der Waals surface area contributed by atoms with Crippen molar-refractivity contribution >= 4 is 40.7 Å². The number of aromatic hydroxyl groups is 2. The van der Waals surface area contributed by atoms with Crippen molar-refractivity contribution in [2.24, 2.45) is 58.2 Å². The molecule has 6 rings (SSSR count). The molecule has 0 aromatic heterocycles. The number of carboxylic acid groups (broad SMARTS) is 2. The van der Waals surface area contributed by atoms with Gasteiger partial charge in [-0.25, -0.2) is 9.59 Å². The fourth-order valence-corrected chi connectivity index (χ4v) is 13.0. The van der Waals surface area contributed by atoms with Crippen molar-refractivity contribution in [3.05, 3.63) is 62.6 Å². The van der Waals surface area contributed by atoms with Gasteiger partial charge in [-0.05, 0) is 157 Å². The Hall–Kier alpha value is -2.70. The molecule has 0 saturated heterocycles. The van der Waals surface area contributed by atoms with E-state index in [1.807, 2.05) is 6.08 Å². The summed E-state index contributed by atoms with van der Waals surface area (Å²) in [7, 11) is 0. The number of hydrogen-bond donors (Lipinski definition) is 4. The van der Waals surface area contributed by atoms with E-state index in [-0.39, 0.29) is 21.2 Å². The quantitative estimate of drug-likeness (QED) is 0.171. The Kier molecular flexibility index (Phi) is 11.9. The minimum atomic E-state index is -1.33. The van der Waals surface area contributed by atoms with Crippen molar-refractivity contribution in [2.75, 3.05) is 0 Å². The van der Waals surface area contributed by atoms with E-state index in [0.29, 0.717) is 45.8 Å². The van der Waals surface area contributed by atoms with Gasteiger partial charge in [0, 0.05) is 0 Å². The van der Waals surface area contributed by atoms with E-state index in [4.69, 9.17) is 23.2 Å². The molecule has 9 atom stereocenters. The minimum absolute atomic E-state index is 0.116. The lowest BCUT2D eigenvalue weighted by molar-refractivity contribution is -0.138. The summed E-state index contributed by atoms with van der Waals surface area (Å²) >= 11 is 12.7. The molecule has 0 radical (unpaired) electrons. The van der Waals surface area contributed by atoms with Crippen molar-refractivity contribution in [1.82, 2.24) is 0 Å². The van der Waals surface area contributed by atoms with E-state index >= 15 is 0 Å². The molecule has 4 aliphatic carbocycles. The van der Waals surface area contributed by atoms with Crippen LogP contribution in [0.4, 0.5) is 0 Å². The van der Waals surface area contributed by atoms with Gasteiger partial charge in [-0.2, -0.15) is 0 Å². The number of carbonyl (C=O) groups is 2. The summed E-state index contributed by atoms with van der Waals surface area (Å²) in [5, 5.41) is 40.4. The molecule has 0 aliphatic heterocycles. The summed E-state index contributed by atoms with van der Waals surface area (Å²) in [4.78, 5) is 24.2. The fourth-order valence-electron chi connectivity index (χ4n) is 12.6. The van der Waals surface area contributed by atoms with Crippen LogP contribution in [0.15, 0.2) is 30.3 Å². The number of hydrogen-bond acceptors (Lipinski definition) is 4. The summed E-state index contributed by atoms with van der Waals surface area (Å²) in [6, 6.07) is 5.73. The molecule has 4 fully saturated rings. The van der Waals surface area contributed by atoms with Gasteiger partial charge in [0.2, 0.25) is 0 Å². The topological polar surface area (TPSA) is 115 Å². The van der Waals surface area contributed by atoms with Crippen LogP contribution in [-0.2, 0) is 0 Å². The summed E-state index contributed by atoms with van der Waals surface area (Å²) in [5.74, 6) is 2.15. The van der Waals surface area contributed by atoms with Gasteiger partial charge < -0.3 is 20.4 Å². The highest BCUT2D eigenvalue weighted by molar-refractivity contribution is 6.33. The number of rotatable bonds is 12. The molecule has 0 bridgehead atoms. The maximum atomic E-state index is 12.1. The van der Waals surface area contributed by atoms with Gasteiger partial charge in [0.15, 0.2) is 0 Å². The van der Waals surface area contributed by atoms with Crippen LogP contribution in [0.3, 0.4) is 0 Å². The lowest BCUT2D eigenvalue weighted by Crippen LogP contribution is -2.55. The van der Waals surface area contributed by atoms with E-state index in [9.17, 15) is 30.0 Å². The van der Waals surface area contributed by atoms with E-state index < -0.39 is 23.4 Å². The first-order valence-corrected chi connectivity index (χ1v) is 21.0. The van der Waals surface area contributed by atoms with E-state index in [0.717, 1.165) is 41.9 Å². The Morgan fingerprint density at radius 2 is 1.40 bits per heavy atom. The second-order valence-electron chi connectivity index (χ2n) is 18.3. The van der Waals surface area contributed by atoms with Crippen LogP contribution >= 0.6 is 23.2 Å². The van der Waals surface area contributed by atoms with Crippen LogP contribution in [0.25, 0.3) is 5.57 Å². The predicted octanol–water partition coefficient (Wildman–Crippen LogP) is 12.8. The minimum Gasteiger partial charge on any atom is -0.505 e. The molecule has 4 aliphatic rings. The zero-order chi connectivity index (χ0) is 38.4. The Bertz CT molecular complexity index is 1660. The molecule has 4 unspecified atom stereocenters. The fraction of sp³-hybridized carbons (Fsp3) is 0.644. The van der Waals surface area contributed by atoms with E-state index in [1.54, 1.807) is 0 Å². The van der Waals surface area contributed by atoms with Crippen LogP contribution in [0.5, 0.6) is 11.5 Å². The molecule has 6 nitrogen and oxygen atoms in total. The second kappa shape index (κ2) is 15.8. The van der Waals surface area contributed by atoms with Gasteiger partial charge in [-0.15, -0.1) is 0 Å². The van der Waals surface area contributed by atoms with Crippen molar-refractivity contribution in [3.63, 3.8) is 0 Å². The summed E-state index contributed by atoms with van der Waals surface area (Å²) in [5.41, 5.74) is 1.48. The number of carboxylic acids is 2. The van der Waals surface area contributed by atoms with E-state index in [2.05, 4.69) is 34.6 Å². The van der Waals surface area contributed by atoms with Crippen LogP contribution in [0.2, 0.25) is 10.0 Å². The van der Waals surface area contributed by atoms with Crippen LogP contribution in [0, 0.1) is 58.2 Å². The van der Waals surface area contributed by atoms with Crippen LogP contribution in [0.1, 0.15) is 156 Å². The number of halogens is 2. The Labute approximate surface area is 326 Å². The number of benzene rings is 2. The van der Waals surface area contributed by atoms with Crippen molar-refractivity contribution in [2.45, 2.75) is 125 Å². The Morgan fingerprint density at radius 3 is 1.98 bits per heavy atom. The maximum Gasteiger partial charge on any atom is 0.339 e. The first-order valence-electron chi connectivity index (χ1n) is 20.3. The van der Waals surface area contributed by atoms with Crippen molar-refractivity contribution in [3.8, 4) is 11.5 Å². The number of allylic oxidation sites excluding steroid dienone is 1. The van der Waals surface area contributed by atoms with Gasteiger partial charge in [0.05, 0.1) is 10.0 Å². The molecule has 2 aromatic rings. The summed E-state index contributed by atoms with van der Waals surface area (Å²) in [6.45, 7) is 12.5. The zero-order valence-electron chi connectivity index (χ0n) is 32.3. The third-order valence-corrected chi connectivity index (χ3v) is 15.6. The normalized spacial score (nSPS) is 31.3. The highest BCUT2D eigenvalue weighted by Crippen LogP contribution is 2.69. The molecule has 0 spiro atoms. The molecular weight excluding hydrogens is 707 g/mol. The Morgan fingerprint density at radius 1 is 0.792 bits per heavy atom. The molecule has 4 saturated carbocycles. The zero-order valence-corrected chi connectivity index (χ0v) is 33.8. The van der Waals surface area contributed by atoms with Gasteiger partial charge in [-0.1, -0.05) is 96.0 Å². The largest absolute Gasteiger partial charge is 0.505 e. The highest BCUT2D eigenvalue weighted by atomic mass is 35.5. The Balaban J connectivity index is 1.32. The van der Waals surface area contributed by atoms with Crippen LogP contribution in [-0.4, -0.2) is 32.4 Å². The average Bonchev–Trinajstić information content (AvgIpc) is 3.46. The van der Waals surface area contributed by atoms with Gasteiger partial charge in [0.25, 0.3) is 0 Å². The van der Waals surface area contributed by atoms with Crippen molar-refractivity contribution in [1.29, 1.82) is 0 Å². The lowest BCUT2D eigenvalue weighted by Gasteiger charge is -2.63. The van der Waals surface area contributed by atoms with Gasteiger partial charge in [-0.3, -0.25) is 0 Å². The third-order valence-electron chi connectivity index (χ3n) is 15.1. The molecule has 8 heteroatoms. The molecular formula is C45H60Cl2O6. The van der Waals surface area contributed by atoms with Crippen molar-refractivity contribution < 1.29 is 30.0 Å². The standard InChI is InChI=1S/C45H60Cl2O6/c1-25(2)10-8-11-26(3)34-15-16-36-31-20-27(35-14-6-7-18-44(35,4)37(31)17-19-45(34,36)5)12-9-13-30(28-21-32(42(50)51)40(48)38(46)23-28)29-22-33(43(52)53)41(49)39(47)24-29/h13,21-27,31,34-37,48-49H,6-12,14-20H2,1-5H3,(H,50,51)(H,52,53)/t26?,27-,31?,34-,35-,36?,37?,44+,45-/m1/s1. The molecule has 53 heavy (non-hydrogen) atoms. The van der Waals surface area contributed by atoms with E-state index in [1.165, 1.54) is 101 Å². The highest BCUT2D eigenvalue weighted by Gasteiger charge is 2.61. The van der Waals surface area contributed by atoms with Gasteiger partial charge >= 0.3 is 11.9 Å². The number of aromatic carboxylic acids is 2. The molecule has 0 amide bonds. The summed E-state index contributed by atoms with van der Waals surface area (Å²) in [6.07, 6.45) is 19.6. The molecule has 4 N–H and O–H groups in total. The maximum absolute atomic E-state index is 12.1. The molecule has 0 heterocycles. The second-order valence-corrected chi connectivity index (χ2v) is 19.1. The number of phenols is 2. The van der Waals surface area contributed by atoms with Crippen LogP contribution < -0.4 is 0 Å². The smallest absolute Gasteiger partial charge is 0.339 e. The number of fused-ring (bicyclic) bond motifs is 5.